The molecule has 2 aromatic heterocycles. The Bertz CT molecular complexity index is 1390. The number of carbonyl (C=O) groups is 1. The van der Waals surface area contributed by atoms with Crippen LogP contribution in [0.5, 0.6) is 0 Å². The molecule has 0 radical (unpaired) electrons. The maximum atomic E-state index is 14.1. The van der Waals surface area contributed by atoms with Gasteiger partial charge >= 0.3 is 0 Å². The van der Waals surface area contributed by atoms with Gasteiger partial charge in [0.2, 0.25) is 5.91 Å². The largest absolute Gasteiger partial charge is 0.322 e. The number of nitrogens with one attached hydrogen (secondary N) is 1. The molecule has 1 N–H and O–H groups in total. The van der Waals surface area contributed by atoms with Crippen molar-refractivity contribution in [3.63, 3.8) is 0 Å². The van der Waals surface area contributed by atoms with Crippen molar-refractivity contribution in [2.75, 3.05) is 5.32 Å². The van der Waals surface area contributed by atoms with Crippen molar-refractivity contribution in [1.82, 2.24) is 14.3 Å². The number of nitrogens with zero attached hydrogens (tertiary/aromatic N) is 3. The molecular formula is C22H17BrF2N4O2. The maximum Gasteiger partial charge on any atom is 0.252 e. The molecule has 2 heterocycles. The van der Waals surface area contributed by atoms with Crippen LogP contribution in [0.25, 0.3) is 16.7 Å². The molecule has 31 heavy (non-hydrogen) atoms. The van der Waals surface area contributed by atoms with Crippen LogP contribution in [-0.4, -0.2) is 20.3 Å². The first-order valence-corrected chi connectivity index (χ1v) is 10.1. The molecule has 0 saturated heterocycles. The van der Waals surface area contributed by atoms with E-state index in [0.717, 1.165) is 0 Å². The minimum absolute atomic E-state index is 0.000534. The van der Waals surface area contributed by atoms with Gasteiger partial charge in [0.05, 0.1) is 17.1 Å². The van der Waals surface area contributed by atoms with Crippen LogP contribution in [0.1, 0.15) is 11.3 Å². The monoisotopic (exact) mass is 486 g/mol. The molecule has 0 spiro atoms. The zero-order valence-corrected chi connectivity index (χ0v) is 18.2. The average molecular weight is 487 g/mol. The standard InChI is InChI=1S/C22H17BrF2N4O2/c1-12-8-20(31)28(11-19(30)26-18-7-6-14(23)9-17(18)25)22-21(12)13(2)27-29(22)16-5-3-4-15(24)10-16/h3-10H,11H2,1-2H3,(H,26,30). The second-order valence-electron chi connectivity index (χ2n) is 7.10. The summed E-state index contributed by atoms with van der Waals surface area (Å²) in [5, 5.41) is 7.64. The Morgan fingerprint density at radius 2 is 1.90 bits per heavy atom. The Morgan fingerprint density at radius 1 is 1.13 bits per heavy atom. The van der Waals surface area contributed by atoms with Crippen LogP contribution < -0.4 is 10.9 Å². The van der Waals surface area contributed by atoms with E-state index >= 15 is 0 Å². The Kier molecular flexibility index (Phi) is 5.45. The number of anilines is 1. The summed E-state index contributed by atoms with van der Waals surface area (Å²) in [7, 11) is 0. The number of pyridine rings is 1. The molecule has 0 saturated carbocycles. The number of rotatable bonds is 4. The lowest BCUT2D eigenvalue weighted by Gasteiger charge is -2.13. The highest BCUT2D eigenvalue weighted by Gasteiger charge is 2.19. The molecule has 0 aliphatic rings. The smallest absolute Gasteiger partial charge is 0.252 e. The van der Waals surface area contributed by atoms with E-state index in [9.17, 15) is 18.4 Å². The van der Waals surface area contributed by atoms with E-state index in [1.807, 2.05) is 0 Å². The summed E-state index contributed by atoms with van der Waals surface area (Å²) in [5.41, 5.74) is 1.67. The molecule has 158 valence electrons. The Hall–Kier alpha value is -3.33. The minimum atomic E-state index is -0.607. The molecule has 1 amide bonds. The fourth-order valence-electron chi connectivity index (χ4n) is 3.53. The molecule has 0 aliphatic heterocycles. The highest BCUT2D eigenvalue weighted by atomic mass is 79.9. The van der Waals surface area contributed by atoms with Gasteiger partial charge in [-0.25, -0.2) is 13.5 Å². The number of carbonyl (C=O) groups excluding carboxylic acids is 1. The average Bonchev–Trinajstić information content (AvgIpc) is 3.05. The van der Waals surface area contributed by atoms with Gasteiger partial charge in [0.15, 0.2) is 0 Å². The summed E-state index contributed by atoms with van der Waals surface area (Å²) in [6.07, 6.45) is 0. The van der Waals surface area contributed by atoms with E-state index in [2.05, 4.69) is 26.3 Å². The molecular weight excluding hydrogens is 470 g/mol. The van der Waals surface area contributed by atoms with Gasteiger partial charge in [0.1, 0.15) is 23.8 Å². The van der Waals surface area contributed by atoms with E-state index in [1.165, 1.54) is 45.6 Å². The number of amides is 1. The molecule has 4 rings (SSSR count). The SMILES string of the molecule is Cc1cc(=O)n(CC(=O)Nc2ccc(Br)cc2F)c2c1c(C)nn2-c1cccc(F)c1. The van der Waals surface area contributed by atoms with E-state index < -0.39 is 23.1 Å². The fourth-order valence-corrected chi connectivity index (χ4v) is 3.86. The topological polar surface area (TPSA) is 68.9 Å². The summed E-state index contributed by atoms with van der Waals surface area (Å²) in [5.74, 6) is -1.65. The van der Waals surface area contributed by atoms with Gasteiger partial charge in [-0.15, -0.1) is 0 Å². The van der Waals surface area contributed by atoms with Gasteiger partial charge in [0, 0.05) is 15.9 Å². The van der Waals surface area contributed by atoms with Crippen molar-refractivity contribution >= 4 is 38.6 Å². The number of fused-ring (bicyclic) bond motifs is 1. The van der Waals surface area contributed by atoms with Gasteiger partial charge in [-0.1, -0.05) is 22.0 Å². The Morgan fingerprint density at radius 3 is 2.61 bits per heavy atom. The normalized spacial score (nSPS) is 11.1. The van der Waals surface area contributed by atoms with Gasteiger partial charge < -0.3 is 5.32 Å². The zero-order valence-electron chi connectivity index (χ0n) is 16.6. The van der Waals surface area contributed by atoms with E-state index in [0.29, 0.717) is 32.5 Å². The van der Waals surface area contributed by atoms with Crippen molar-refractivity contribution < 1.29 is 13.6 Å². The molecule has 0 unspecified atom stereocenters. The lowest BCUT2D eigenvalue weighted by molar-refractivity contribution is -0.116. The van der Waals surface area contributed by atoms with Gasteiger partial charge in [-0.3, -0.25) is 14.2 Å². The first-order valence-electron chi connectivity index (χ1n) is 9.35. The summed E-state index contributed by atoms with van der Waals surface area (Å²) in [6.45, 7) is 3.18. The van der Waals surface area contributed by atoms with Crippen LogP contribution in [0.4, 0.5) is 14.5 Å². The maximum absolute atomic E-state index is 14.1. The van der Waals surface area contributed by atoms with E-state index in [-0.39, 0.29) is 12.2 Å². The van der Waals surface area contributed by atoms with Gasteiger partial charge in [-0.05, 0) is 55.8 Å². The summed E-state index contributed by atoms with van der Waals surface area (Å²) < 4.78 is 31.1. The highest BCUT2D eigenvalue weighted by Crippen LogP contribution is 2.24. The highest BCUT2D eigenvalue weighted by molar-refractivity contribution is 9.10. The summed E-state index contributed by atoms with van der Waals surface area (Å²) in [4.78, 5) is 25.5. The van der Waals surface area contributed by atoms with E-state index in [1.54, 1.807) is 26.0 Å². The molecule has 0 atom stereocenters. The molecule has 6 nitrogen and oxygen atoms in total. The fraction of sp³-hybridized carbons (Fsp3) is 0.136. The number of hydrogen-bond acceptors (Lipinski definition) is 3. The third kappa shape index (κ3) is 4.00. The molecule has 4 aromatic rings. The van der Waals surface area contributed by atoms with Crippen LogP contribution >= 0.6 is 15.9 Å². The third-order valence-electron chi connectivity index (χ3n) is 4.85. The molecule has 0 bridgehead atoms. The van der Waals surface area contributed by atoms with Gasteiger partial charge in [0.25, 0.3) is 5.56 Å². The zero-order chi connectivity index (χ0) is 22.3. The second-order valence-corrected chi connectivity index (χ2v) is 8.02. The molecule has 2 aromatic carbocycles. The van der Waals surface area contributed by atoms with Crippen LogP contribution in [0.2, 0.25) is 0 Å². The quantitative estimate of drug-likeness (QED) is 0.462. The van der Waals surface area contributed by atoms with Crippen LogP contribution in [0, 0.1) is 25.5 Å². The number of benzene rings is 2. The first-order chi connectivity index (χ1) is 14.7. The Labute approximate surface area is 184 Å². The number of aromatic nitrogens is 3. The van der Waals surface area contributed by atoms with Crippen LogP contribution in [0.15, 0.2) is 57.8 Å². The van der Waals surface area contributed by atoms with Crippen molar-refractivity contribution in [3.8, 4) is 5.69 Å². The summed E-state index contributed by atoms with van der Waals surface area (Å²) in [6, 6.07) is 11.5. The lowest BCUT2D eigenvalue weighted by Crippen LogP contribution is -2.29. The minimum Gasteiger partial charge on any atom is -0.322 e. The van der Waals surface area contributed by atoms with E-state index in [4.69, 9.17) is 0 Å². The van der Waals surface area contributed by atoms with Crippen molar-refractivity contribution in [2.24, 2.45) is 0 Å². The third-order valence-corrected chi connectivity index (χ3v) is 5.35. The Balaban J connectivity index is 1.82. The predicted molar refractivity (Wildman–Crippen MR) is 117 cm³/mol. The number of hydrogen-bond donors (Lipinski definition) is 1. The molecule has 0 fully saturated rings. The van der Waals surface area contributed by atoms with Crippen LogP contribution in [0.3, 0.4) is 0 Å². The van der Waals surface area contributed by atoms with Crippen LogP contribution in [-0.2, 0) is 11.3 Å². The second kappa shape index (κ2) is 8.07. The number of halogens is 3. The molecule has 0 aliphatic carbocycles. The first kappa shape index (κ1) is 20.9. The van der Waals surface area contributed by atoms with Crippen molar-refractivity contribution in [3.05, 3.63) is 86.2 Å². The predicted octanol–water partition coefficient (Wildman–Crippen LogP) is 4.48. The van der Waals surface area contributed by atoms with Crippen molar-refractivity contribution in [1.29, 1.82) is 0 Å². The van der Waals surface area contributed by atoms with Gasteiger partial charge in [-0.2, -0.15) is 5.10 Å². The molecule has 9 heteroatoms. The van der Waals surface area contributed by atoms with Crippen molar-refractivity contribution in [2.45, 2.75) is 20.4 Å². The summed E-state index contributed by atoms with van der Waals surface area (Å²) >= 11 is 3.16. The number of aryl methyl sites for hydroxylation is 2. The lowest BCUT2D eigenvalue weighted by atomic mass is 10.1.